The van der Waals surface area contributed by atoms with Crippen molar-refractivity contribution in [2.24, 2.45) is 0 Å². The van der Waals surface area contributed by atoms with Crippen molar-refractivity contribution in [1.29, 1.82) is 0 Å². The molecule has 0 fully saturated rings. The van der Waals surface area contributed by atoms with E-state index >= 15 is 0 Å². The van der Waals surface area contributed by atoms with Gasteiger partial charge in [-0.1, -0.05) is 18.2 Å². The lowest BCUT2D eigenvalue weighted by atomic mass is 10.1. The van der Waals surface area contributed by atoms with Crippen molar-refractivity contribution in [3.63, 3.8) is 0 Å². The molecule has 0 bridgehead atoms. The second-order valence-electron chi connectivity index (χ2n) is 6.77. The molecule has 0 radical (unpaired) electrons. The Morgan fingerprint density at radius 3 is 2.62 bits per heavy atom. The van der Waals surface area contributed by atoms with Crippen LogP contribution in [0.15, 0.2) is 42.5 Å². The number of aryl methyl sites for hydroxylation is 2. The van der Waals surface area contributed by atoms with Gasteiger partial charge in [-0.2, -0.15) is 0 Å². The summed E-state index contributed by atoms with van der Waals surface area (Å²) in [6.45, 7) is 1.06. The highest BCUT2D eigenvalue weighted by Crippen LogP contribution is 2.33. The zero-order valence-corrected chi connectivity index (χ0v) is 15.0. The highest BCUT2D eigenvalue weighted by Gasteiger charge is 2.21. The maximum Gasteiger partial charge on any atom is 0.119 e. The molecule has 0 aromatic heterocycles. The minimum Gasteiger partial charge on any atom is -0.497 e. The van der Waals surface area contributed by atoms with Gasteiger partial charge in [0.1, 0.15) is 5.75 Å². The molecular formula is C21H28N2O. The van der Waals surface area contributed by atoms with Gasteiger partial charge in [-0.25, -0.2) is 0 Å². The summed E-state index contributed by atoms with van der Waals surface area (Å²) in [4.78, 5) is 2.14. The molecule has 1 unspecified atom stereocenters. The monoisotopic (exact) mass is 324 g/mol. The van der Waals surface area contributed by atoms with Gasteiger partial charge >= 0.3 is 0 Å². The first-order valence-electron chi connectivity index (χ1n) is 8.84. The molecule has 0 saturated carbocycles. The fourth-order valence-corrected chi connectivity index (χ4v) is 3.46. The molecule has 0 saturated heterocycles. The largest absolute Gasteiger partial charge is 0.497 e. The molecule has 3 heteroatoms. The number of anilines is 1. The molecule has 128 valence electrons. The van der Waals surface area contributed by atoms with Gasteiger partial charge in [0.05, 0.1) is 7.11 Å². The summed E-state index contributed by atoms with van der Waals surface area (Å²) in [6, 6.07) is 15.9. The summed E-state index contributed by atoms with van der Waals surface area (Å²) in [5, 5.41) is 3.73. The molecule has 1 N–H and O–H groups in total. The van der Waals surface area contributed by atoms with Gasteiger partial charge < -0.3 is 15.0 Å². The van der Waals surface area contributed by atoms with Crippen molar-refractivity contribution in [3.05, 3.63) is 59.2 Å². The summed E-state index contributed by atoms with van der Waals surface area (Å²) in [5.41, 5.74) is 5.56. The van der Waals surface area contributed by atoms with Gasteiger partial charge in [-0.3, -0.25) is 0 Å². The number of nitrogens with zero attached hydrogens (tertiary/aromatic N) is 1. The molecular weight excluding hydrogens is 296 g/mol. The van der Waals surface area contributed by atoms with E-state index < -0.39 is 0 Å². The lowest BCUT2D eigenvalue weighted by Crippen LogP contribution is -2.20. The highest BCUT2D eigenvalue weighted by atomic mass is 16.5. The molecule has 3 rings (SSSR count). The number of fused-ring (bicyclic) bond motifs is 1. The second kappa shape index (κ2) is 7.71. The van der Waals surface area contributed by atoms with Crippen LogP contribution in [0.1, 0.15) is 35.6 Å². The predicted molar refractivity (Wildman–Crippen MR) is 101 cm³/mol. The van der Waals surface area contributed by atoms with E-state index in [0.717, 1.165) is 25.1 Å². The molecule has 2 aromatic rings. The van der Waals surface area contributed by atoms with Gasteiger partial charge in [0.2, 0.25) is 0 Å². The van der Waals surface area contributed by atoms with Crippen LogP contribution >= 0.6 is 0 Å². The number of nitrogens with one attached hydrogen (secondary N) is 1. The molecule has 24 heavy (non-hydrogen) atoms. The topological polar surface area (TPSA) is 24.5 Å². The smallest absolute Gasteiger partial charge is 0.119 e. The Kier molecular flexibility index (Phi) is 5.41. The number of rotatable bonds is 7. The molecule has 3 nitrogen and oxygen atoms in total. The Morgan fingerprint density at radius 2 is 1.92 bits per heavy atom. The molecule has 1 atom stereocenters. The average Bonchev–Trinajstić information content (AvgIpc) is 3.01. The quantitative estimate of drug-likeness (QED) is 0.780. The number of ether oxygens (including phenoxy) is 1. The van der Waals surface area contributed by atoms with Crippen LogP contribution in [-0.2, 0) is 12.8 Å². The lowest BCUT2D eigenvalue weighted by molar-refractivity contribution is 0.414. The molecule has 0 spiro atoms. The van der Waals surface area contributed by atoms with E-state index in [1.165, 1.54) is 35.2 Å². The lowest BCUT2D eigenvalue weighted by Gasteiger charge is -2.15. The van der Waals surface area contributed by atoms with E-state index in [1.807, 2.05) is 0 Å². The Hall–Kier alpha value is -2.00. The SMILES string of the molecule is COc1ccc2c(c1)CCC2NCCCc1ccc(N(C)C)cc1. The van der Waals surface area contributed by atoms with Crippen molar-refractivity contribution in [2.75, 3.05) is 32.6 Å². The Labute approximate surface area is 145 Å². The van der Waals surface area contributed by atoms with E-state index in [9.17, 15) is 0 Å². The van der Waals surface area contributed by atoms with Gasteiger partial charge in [0, 0.05) is 25.8 Å². The molecule has 0 heterocycles. The number of hydrogen-bond donors (Lipinski definition) is 1. The summed E-state index contributed by atoms with van der Waals surface area (Å²) >= 11 is 0. The summed E-state index contributed by atoms with van der Waals surface area (Å²) in [6.07, 6.45) is 4.64. The van der Waals surface area contributed by atoms with E-state index in [1.54, 1.807) is 7.11 Å². The van der Waals surface area contributed by atoms with Crippen molar-refractivity contribution in [2.45, 2.75) is 31.7 Å². The first-order chi connectivity index (χ1) is 11.7. The van der Waals surface area contributed by atoms with E-state index in [0.29, 0.717) is 6.04 Å². The highest BCUT2D eigenvalue weighted by molar-refractivity contribution is 5.46. The van der Waals surface area contributed by atoms with Crippen molar-refractivity contribution in [3.8, 4) is 5.75 Å². The summed E-state index contributed by atoms with van der Waals surface area (Å²) < 4.78 is 5.32. The zero-order valence-electron chi connectivity index (χ0n) is 15.0. The standard InChI is InChI=1S/C21H28N2O/c1-23(2)18-9-6-16(7-10-18)5-4-14-22-21-13-8-17-15-19(24-3)11-12-20(17)21/h6-7,9-12,15,21-22H,4-5,8,13-14H2,1-3H3. The van der Waals surface area contributed by atoms with Gasteiger partial charge in [0.15, 0.2) is 0 Å². The molecule has 0 amide bonds. The van der Waals surface area contributed by atoms with Crippen molar-refractivity contribution >= 4 is 5.69 Å². The third kappa shape index (κ3) is 3.90. The third-order valence-corrected chi connectivity index (χ3v) is 4.91. The first-order valence-corrected chi connectivity index (χ1v) is 8.84. The Balaban J connectivity index is 1.46. The predicted octanol–water partition coefficient (Wildman–Crippen LogP) is 3.97. The van der Waals surface area contributed by atoms with E-state index in [2.05, 4.69) is 66.8 Å². The minimum absolute atomic E-state index is 0.502. The average molecular weight is 324 g/mol. The van der Waals surface area contributed by atoms with Crippen LogP contribution in [0.25, 0.3) is 0 Å². The van der Waals surface area contributed by atoms with Gasteiger partial charge in [-0.05, 0) is 73.2 Å². The summed E-state index contributed by atoms with van der Waals surface area (Å²) in [5.74, 6) is 0.968. The van der Waals surface area contributed by atoms with Gasteiger partial charge in [0.25, 0.3) is 0 Å². The number of hydrogen-bond acceptors (Lipinski definition) is 3. The van der Waals surface area contributed by atoms with Crippen LogP contribution < -0.4 is 15.0 Å². The van der Waals surface area contributed by atoms with Crippen LogP contribution in [0.2, 0.25) is 0 Å². The minimum atomic E-state index is 0.502. The number of methoxy groups -OCH3 is 1. The molecule has 1 aliphatic carbocycles. The number of benzene rings is 2. The van der Waals surface area contributed by atoms with Crippen molar-refractivity contribution in [1.82, 2.24) is 5.32 Å². The maximum absolute atomic E-state index is 5.32. The van der Waals surface area contributed by atoms with E-state index in [-0.39, 0.29) is 0 Å². The third-order valence-electron chi connectivity index (χ3n) is 4.91. The Morgan fingerprint density at radius 1 is 1.12 bits per heavy atom. The first kappa shape index (κ1) is 16.8. The van der Waals surface area contributed by atoms with E-state index in [4.69, 9.17) is 4.74 Å². The van der Waals surface area contributed by atoms with Crippen molar-refractivity contribution < 1.29 is 4.74 Å². The Bertz CT molecular complexity index is 664. The van der Waals surface area contributed by atoms with Crippen LogP contribution in [0, 0.1) is 0 Å². The zero-order chi connectivity index (χ0) is 16.9. The molecule has 0 aliphatic heterocycles. The normalized spacial score (nSPS) is 16.0. The maximum atomic E-state index is 5.32. The summed E-state index contributed by atoms with van der Waals surface area (Å²) in [7, 11) is 5.89. The molecule has 2 aromatic carbocycles. The fourth-order valence-electron chi connectivity index (χ4n) is 3.46. The van der Waals surface area contributed by atoms with Crippen LogP contribution in [0.4, 0.5) is 5.69 Å². The second-order valence-corrected chi connectivity index (χ2v) is 6.77. The van der Waals surface area contributed by atoms with Crippen LogP contribution in [0.5, 0.6) is 5.75 Å². The fraction of sp³-hybridized carbons (Fsp3) is 0.429. The molecule has 1 aliphatic rings. The van der Waals surface area contributed by atoms with Crippen LogP contribution in [0.3, 0.4) is 0 Å². The van der Waals surface area contributed by atoms with Gasteiger partial charge in [-0.15, -0.1) is 0 Å². The van der Waals surface area contributed by atoms with Crippen LogP contribution in [-0.4, -0.2) is 27.7 Å².